The van der Waals surface area contributed by atoms with Gasteiger partial charge in [-0.15, -0.1) is 0 Å². The Balaban J connectivity index is 1.63. The number of aromatic nitrogens is 5. The Kier molecular flexibility index (Phi) is 4.35. The second kappa shape index (κ2) is 7.18. The fourth-order valence-corrected chi connectivity index (χ4v) is 3.32. The van der Waals surface area contributed by atoms with Gasteiger partial charge in [0.05, 0.1) is 12.2 Å². The molecule has 30 heavy (non-hydrogen) atoms. The first-order valence-electron chi connectivity index (χ1n) is 9.84. The van der Waals surface area contributed by atoms with Crippen LogP contribution >= 0.6 is 0 Å². The van der Waals surface area contributed by atoms with Crippen LogP contribution in [-0.4, -0.2) is 35.7 Å². The Labute approximate surface area is 170 Å². The Morgan fingerprint density at radius 3 is 2.80 bits per heavy atom. The van der Waals surface area contributed by atoms with Gasteiger partial charge in [-0.1, -0.05) is 30.3 Å². The van der Waals surface area contributed by atoms with Crippen molar-refractivity contribution in [3.8, 4) is 5.88 Å². The molecule has 4 aromatic rings. The summed E-state index contributed by atoms with van der Waals surface area (Å²) in [7, 11) is 0. The molecule has 1 aliphatic rings. The van der Waals surface area contributed by atoms with E-state index in [4.69, 9.17) is 9.98 Å². The van der Waals surface area contributed by atoms with Crippen LogP contribution in [0.1, 0.15) is 37.1 Å². The molecule has 0 amide bonds. The number of nitrogens with one attached hydrogen (secondary N) is 3. The number of imidazole rings is 1. The van der Waals surface area contributed by atoms with E-state index in [1.54, 1.807) is 16.8 Å². The Morgan fingerprint density at radius 1 is 1.30 bits per heavy atom. The normalized spacial score (nSPS) is 16.3. The minimum absolute atomic E-state index is 0.0512. The van der Waals surface area contributed by atoms with Crippen LogP contribution in [0.2, 0.25) is 0 Å². The highest BCUT2D eigenvalue weighted by atomic mass is 16.3. The van der Waals surface area contributed by atoms with Gasteiger partial charge in [-0.3, -0.25) is 9.98 Å². The van der Waals surface area contributed by atoms with E-state index in [2.05, 4.69) is 39.4 Å². The third-order valence-electron chi connectivity index (χ3n) is 5.04. The highest BCUT2D eigenvalue weighted by Gasteiger charge is 2.20. The highest BCUT2D eigenvalue weighted by Crippen LogP contribution is 2.23. The number of nitrogens with zero attached hydrogens (tertiary/aromatic N) is 4. The summed E-state index contributed by atoms with van der Waals surface area (Å²) >= 11 is 0. The summed E-state index contributed by atoms with van der Waals surface area (Å²) < 4.78 is 1.68. The summed E-state index contributed by atoms with van der Waals surface area (Å²) in [5.74, 6) is 0.453. The van der Waals surface area contributed by atoms with Gasteiger partial charge < -0.3 is 15.4 Å². The van der Waals surface area contributed by atoms with Crippen molar-refractivity contribution in [2.75, 3.05) is 5.32 Å². The molecule has 1 aliphatic carbocycles. The van der Waals surface area contributed by atoms with Crippen LogP contribution in [0.5, 0.6) is 5.88 Å². The number of aromatic amines is 2. The van der Waals surface area contributed by atoms with Crippen LogP contribution in [0.15, 0.2) is 52.4 Å². The first-order chi connectivity index (χ1) is 14.6. The zero-order valence-corrected chi connectivity index (χ0v) is 16.3. The molecule has 0 saturated heterocycles. The second-order valence-electron chi connectivity index (χ2n) is 7.46. The molecule has 1 aromatic carbocycles. The fraction of sp³-hybridized carbons (Fsp3) is 0.238. The van der Waals surface area contributed by atoms with Crippen LogP contribution in [0.3, 0.4) is 0 Å². The molecule has 1 atom stereocenters. The molecule has 3 heterocycles. The number of benzene rings is 1. The zero-order chi connectivity index (χ0) is 20.7. The Bertz CT molecular complexity index is 1380. The maximum absolute atomic E-state index is 11.4. The summed E-state index contributed by atoms with van der Waals surface area (Å²) in [6, 6.07) is 12.4. The topological polar surface area (TPSA) is 123 Å². The van der Waals surface area contributed by atoms with E-state index in [1.165, 1.54) is 0 Å². The minimum atomic E-state index is -0.480. The van der Waals surface area contributed by atoms with E-state index in [-0.39, 0.29) is 17.6 Å². The smallest absolute Gasteiger partial charge is 0.326 e. The standard InChI is InChI=1S/C21H21N7O2/c1-12(13-5-3-2-4-6-13)23-17-10-18(24-15-7-8-15)28-19(26-17)14(11-22-28)9-16-20(29)27-21(30)25-16/h2-6,9-12,15,23,29H,7-8H2,1H3,(H2,25,27,30)/t12-/m1/s1. The number of fused-ring (bicyclic) bond motifs is 1. The molecule has 0 bridgehead atoms. The van der Waals surface area contributed by atoms with E-state index in [0.29, 0.717) is 22.7 Å². The van der Waals surface area contributed by atoms with Gasteiger partial charge in [-0.25, -0.2) is 9.78 Å². The molecular formula is C21H21N7O2. The van der Waals surface area contributed by atoms with Crippen LogP contribution in [0, 0.1) is 0 Å². The van der Waals surface area contributed by atoms with Crippen molar-refractivity contribution in [3.05, 3.63) is 75.0 Å². The van der Waals surface area contributed by atoms with Gasteiger partial charge in [0.2, 0.25) is 5.88 Å². The summed E-state index contributed by atoms with van der Waals surface area (Å²) in [5.41, 5.74) is 2.24. The molecule has 3 aromatic heterocycles. The highest BCUT2D eigenvalue weighted by molar-refractivity contribution is 5.58. The molecule has 9 heteroatoms. The van der Waals surface area contributed by atoms with Crippen LogP contribution in [0.4, 0.5) is 5.82 Å². The number of hydrogen-bond acceptors (Lipinski definition) is 6. The molecule has 5 rings (SSSR count). The molecule has 1 fully saturated rings. The lowest BCUT2D eigenvalue weighted by atomic mass is 10.1. The van der Waals surface area contributed by atoms with Crippen molar-refractivity contribution in [3.63, 3.8) is 0 Å². The van der Waals surface area contributed by atoms with E-state index in [9.17, 15) is 9.90 Å². The van der Waals surface area contributed by atoms with E-state index < -0.39 is 5.69 Å². The van der Waals surface area contributed by atoms with Gasteiger partial charge in [0.1, 0.15) is 11.5 Å². The predicted octanol–water partition coefficient (Wildman–Crippen LogP) is 1.24. The lowest BCUT2D eigenvalue weighted by Crippen LogP contribution is -2.21. The number of H-pyrrole nitrogens is 2. The van der Waals surface area contributed by atoms with Crippen molar-refractivity contribution in [2.24, 2.45) is 4.99 Å². The third kappa shape index (κ3) is 3.57. The van der Waals surface area contributed by atoms with E-state index in [0.717, 1.165) is 23.9 Å². The largest absolute Gasteiger partial charge is 0.493 e. The fourth-order valence-electron chi connectivity index (χ4n) is 3.32. The van der Waals surface area contributed by atoms with Crippen molar-refractivity contribution in [2.45, 2.75) is 31.8 Å². The first-order valence-corrected chi connectivity index (χ1v) is 9.84. The summed E-state index contributed by atoms with van der Waals surface area (Å²) in [6.45, 7) is 2.07. The van der Waals surface area contributed by atoms with E-state index in [1.807, 2.05) is 24.3 Å². The van der Waals surface area contributed by atoms with Gasteiger partial charge in [0, 0.05) is 17.3 Å². The molecule has 0 aliphatic heterocycles. The maximum atomic E-state index is 11.4. The Morgan fingerprint density at radius 2 is 2.10 bits per heavy atom. The second-order valence-corrected chi connectivity index (χ2v) is 7.46. The molecule has 1 saturated carbocycles. The average molecular weight is 403 g/mol. The number of rotatable bonds is 5. The molecule has 0 unspecified atom stereocenters. The monoisotopic (exact) mass is 403 g/mol. The lowest BCUT2D eigenvalue weighted by Gasteiger charge is -2.15. The van der Waals surface area contributed by atoms with Crippen molar-refractivity contribution >= 4 is 17.5 Å². The SMILES string of the molecule is C[C@@H](Nc1cc(=NC2CC2)n2ncc(=Cc3[nH]c(=O)[nH]c3O)c2n1)c1ccccc1. The summed E-state index contributed by atoms with van der Waals surface area (Å²) in [4.78, 5) is 25.8. The maximum Gasteiger partial charge on any atom is 0.326 e. The van der Waals surface area contributed by atoms with Gasteiger partial charge in [0.25, 0.3) is 0 Å². The quantitative estimate of drug-likeness (QED) is 0.399. The van der Waals surface area contributed by atoms with Crippen molar-refractivity contribution in [1.82, 2.24) is 24.6 Å². The molecule has 9 nitrogen and oxygen atoms in total. The Hall–Kier alpha value is -3.88. The number of hydrogen-bond donors (Lipinski definition) is 4. The number of aromatic hydroxyl groups is 1. The average Bonchev–Trinajstić information content (AvgIpc) is 3.37. The molecule has 152 valence electrons. The number of anilines is 1. The van der Waals surface area contributed by atoms with Crippen LogP contribution in [-0.2, 0) is 0 Å². The molecule has 4 N–H and O–H groups in total. The van der Waals surface area contributed by atoms with Crippen molar-refractivity contribution < 1.29 is 5.11 Å². The van der Waals surface area contributed by atoms with Gasteiger partial charge in [-0.05, 0) is 31.4 Å². The van der Waals surface area contributed by atoms with Crippen molar-refractivity contribution in [1.29, 1.82) is 0 Å². The lowest BCUT2D eigenvalue weighted by molar-refractivity contribution is 0.454. The van der Waals surface area contributed by atoms with Crippen LogP contribution in [0.25, 0.3) is 11.7 Å². The molecule has 0 radical (unpaired) electrons. The molecular weight excluding hydrogens is 382 g/mol. The zero-order valence-electron chi connectivity index (χ0n) is 16.3. The van der Waals surface area contributed by atoms with E-state index >= 15 is 0 Å². The summed E-state index contributed by atoms with van der Waals surface area (Å²) in [5, 5.41) is 18.4. The van der Waals surface area contributed by atoms with Gasteiger partial charge in [-0.2, -0.15) is 9.61 Å². The third-order valence-corrected chi connectivity index (χ3v) is 5.04. The minimum Gasteiger partial charge on any atom is -0.493 e. The first kappa shape index (κ1) is 18.2. The van der Waals surface area contributed by atoms with Gasteiger partial charge >= 0.3 is 5.69 Å². The predicted molar refractivity (Wildman–Crippen MR) is 112 cm³/mol. The van der Waals surface area contributed by atoms with Crippen LogP contribution < -0.4 is 21.7 Å². The molecule has 0 spiro atoms. The summed E-state index contributed by atoms with van der Waals surface area (Å²) in [6.07, 6.45) is 5.43. The van der Waals surface area contributed by atoms with Gasteiger partial charge in [0.15, 0.2) is 11.1 Å².